The van der Waals surface area contributed by atoms with E-state index in [4.69, 9.17) is 25.0 Å². The minimum absolute atomic E-state index is 0.0398. The van der Waals surface area contributed by atoms with Crippen molar-refractivity contribution >= 4 is 41.7 Å². The van der Waals surface area contributed by atoms with E-state index in [9.17, 15) is 24.3 Å². The highest BCUT2D eigenvalue weighted by atomic mass is 31.2. The predicted octanol–water partition coefficient (Wildman–Crippen LogP) is 5.92. The Balaban J connectivity index is 1.71. The first-order chi connectivity index (χ1) is 21.1. The first-order valence-corrected chi connectivity index (χ1v) is 16.5. The Kier molecular flexibility index (Phi) is 10.4. The lowest BCUT2D eigenvalue weighted by atomic mass is 9.81. The number of anilines is 1. The fourth-order valence-electron chi connectivity index (χ4n) is 5.23. The van der Waals surface area contributed by atoms with E-state index in [1.807, 2.05) is 30.5 Å². The summed E-state index contributed by atoms with van der Waals surface area (Å²) in [5.74, 6) is 0.905. The fourth-order valence-corrected chi connectivity index (χ4v) is 5.66. The van der Waals surface area contributed by atoms with Crippen molar-refractivity contribution in [2.24, 2.45) is 4.99 Å². The van der Waals surface area contributed by atoms with Gasteiger partial charge in [-0.05, 0) is 68.4 Å². The van der Waals surface area contributed by atoms with E-state index >= 15 is 0 Å². The molecular weight excluding hydrogens is 597 g/mol. The number of phosphoric acid groups is 1. The number of aromatic nitrogens is 3. The zero-order chi connectivity index (χ0) is 33.0. The van der Waals surface area contributed by atoms with E-state index in [1.54, 1.807) is 6.08 Å². The Morgan fingerprint density at radius 3 is 2.49 bits per heavy atom. The number of pyridine rings is 1. The number of benzene rings is 2. The van der Waals surface area contributed by atoms with Crippen LogP contribution in [0.5, 0.6) is 11.5 Å². The van der Waals surface area contributed by atoms with Crippen LogP contribution < -0.4 is 10.3 Å². The predicted molar refractivity (Wildman–Crippen MR) is 173 cm³/mol. The number of aromatic hydroxyl groups is 1. The number of ether oxygens (including phenoxy) is 1. The van der Waals surface area contributed by atoms with E-state index in [1.165, 1.54) is 18.2 Å². The summed E-state index contributed by atoms with van der Waals surface area (Å²) in [6, 6.07) is 10.1. The molecule has 2 heterocycles. The van der Waals surface area contributed by atoms with E-state index in [-0.39, 0.29) is 29.3 Å². The molecule has 0 bridgehead atoms. The molecule has 13 heteroatoms. The van der Waals surface area contributed by atoms with Gasteiger partial charge in [0, 0.05) is 30.6 Å². The second-order valence-electron chi connectivity index (χ2n) is 12.5. The van der Waals surface area contributed by atoms with Crippen molar-refractivity contribution in [1.29, 1.82) is 0 Å². The van der Waals surface area contributed by atoms with Crippen LogP contribution in [0, 0.1) is 0 Å². The monoisotopic (exact) mass is 639 g/mol. The molecular formula is C32H42N5O7P. The van der Waals surface area contributed by atoms with Gasteiger partial charge >= 0.3 is 7.82 Å². The van der Waals surface area contributed by atoms with Gasteiger partial charge in [0.2, 0.25) is 6.08 Å². The van der Waals surface area contributed by atoms with Crippen molar-refractivity contribution in [2.75, 3.05) is 18.9 Å². The molecule has 0 saturated heterocycles. The summed E-state index contributed by atoms with van der Waals surface area (Å²) in [4.78, 5) is 43.0. The Hall–Kier alpha value is -3.79. The maximum absolute atomic E-state index is 11.7. The second-order valence-corrected chi connectivity index (χ2v) is 13.7. The number of nitrogens with zero attached hydrogens (tertiary/aromatic N) is 4. The number of nitrogen functional groups attached to an aromatic ring is 1. The van der Waals surface area contributed by atoms with Gasteiger partial charge in [-0.2, -0.15) is 4.99 Å². The topological polar surface area (TPSA) is 182 Å². The summed E-state index contributed by atoms with van der Waals surface area (Å²) in [7, 11) is -4.85. The van der Waals surface area contributed by atoms with Gasteiger partial charge in [0.05, 0.1) is 23.1 Å². The Morgan fingerprint density at radius 1 is 1.07 bits per heavy atom. The molecule has 242 valence electrons. The molecule has 2 aromatic carbocycles. The number of rotatable bonds is 15. The zero-order valence-electron chi connectivity index (χ0n) is 26.4. The van der Waals surface area contributed by atoms with Crippen LogP contribution in [0.1, 0.15) is 77.3 Å². The highest BCUT2D eigenvalue weighted by Crippen LogP contribution is 2.41. The number of phenols is 1. The number of imidazole rings is 1. The van der Waals surface area contributed by atoms with Gasteiger partial charge in [-0.1, -0.05) is 39.3 Å². The molecule has 0 unspecified atom stereocenters. The number of hydrogen-bond acceptors (Lipinski definition) is 9. The average Bonchev–Trinajstić information content (AvgIpc) is 3.31. The highest BCUT2D eigenvalue weighted by Gasteiger charge is 2.25. The van der Waals surface area contributed by atoms with Crippen molar-refractivity contribution in [3.05, 3.63) is 53.3 Å². The van der Waals surface area contributed by atoms with E-state index in [2.05, 4.69) is 31.8 Å². The van der Waals surface area contributed by atoms with E-state index in [0.717, 1.165) is 41.6 Å². The number of isocyanates is 1. The third kappa shape index (κ3) is 8.48. The molecule has 0 spiro atoms. The molecule has 0 atom stereocenters. The van der Waals surface area contributed by atoms with Crippen LogP contribution in [0.15, 0.2) is 41.4 Å². The minimum atomic E-state index is -4.85. The van der Waals surface area contributed by atoms with Gasteiger partial charge in [0.25, 0.3) is 0 Å². The van der Waals surface area contributed by atoms with Gasteiger partial charge in [-0.25, -0.2) is 19.3 Å². The normalized spacial score (nSPS) is 12.5. The molecule has 0 fully saturated rings. The maximum atomic E-state index is 11.7. The molecule has 0 radical (unpaired) electrons. The van der Waals surface area contributed by atoms with Crippen LogP contribution in [0.2, 0.25) is 0 Å². The first-order valence-electron chi connectivity index (χ1n) is 15.0. The molecule has 4 rings (SSSR count). The molecule has 0 aliphatic heterocycles. The molecule has 0 saturated carbocycles. The number of hydrogen-bond donors (Lipinski definition) is 4. The van der Waals surface area contributed by atoms with Crippen molar-refractivity contribution in [3.8, 4) is 11.5 Å². The maximum Gasteiger partial charge on any atom is 0.524 e. The van der Waals surface area contributed by atoms with Crippen LogP contribution >= 0.6 is 7.82 Å². The molecule has 5 N–H and O–H groups in total. The fraction of sp³-hybridized carbons (Fsp3) is 0.469. The number of aliphatic imine (C=N–C) groups is 1. The first kappa shape index (κ1) is 34.1. The highest BCUT2D eigenvalue weighted by molar-refractivity contribution is 7.46. The summed E-state index contributed by atoms with van der Waals surface area (Å²) in [5.41, 5.74) is 9.11. The van der Waals surface area contributed by atoms with Gasteiger partial charge in [-0.15, -0.1) is 0 Å². The van der Waals surface area contributed by atoms with Crippen molar-refractivity contribution in [2.45, 2.75) is 84.2 Å². The van der Waals surface area contributed by atoms with Gasteiger partial charge < -0.3 is 24.7 Å². The summed E-state index contributed by atoms with van der Waals surface area (Å²) < 4.78 is 24.5. The van der Waals surface area contributed by atoms with Crippen LogP contribution in [0.3, 0.4) is 0 Å². The summed E-state index contributed by atoms with van der Waals surface area (Å²) >= 11 is 0. The van der Waals surface area contributed by atoms with Gasteiger partial charge in [-0.3, -0.25) is 9.79 Å². The summed E-state index contributed by atoms with van der Waals surface area (Å²) in [6.07, 6.45) is 5.41. The smallest absolute Gasteiger partial charge is 0.508 e. The number of carbonyl (C=O) groups excluding carboxylic acids is 1. The van der Waals surface area contributed by atoms with Crippen LogP contribution in [-0.4, -0.2) is 54.3 Å². The molecule has 0 aliphatic carbocycles. The van der Waals surface area contributed by atoms with Gasteiger partial charge in [0.15, 0.2) is 5.82 Å². The number of aryl methyl sites for hydroxylation is 1. The van der Waals surface area contributed by atoms with Crippen molar-refractivity contribution < 1.29 is 33.5 Å². The summed E-state index contributed by atoms with van der Waals surface area (Å²) in [5, 5.41) is 11.0. The lowest BCUT2D eigenvalue weighted by molar-refractivity contribution is 0.105. The van der Waals surface area contributed by atoms with Crippen molar-refractivity contribution in [1.82, 2.24) is 14.5 Å². The average molecular weight is 640 g/mol. The number of phenolic OH excluding ortho intramolecular Hbond substituents is 1. The molecule has 12 nitrogen and oxygen atoms in total. The third-order valence-electron chi connectivity index (χ3n) is 7.99. The number of unbranched alkanes of at least 4 members (excludes halogenated alkanes) is 1. The standard InChI is InChI=1S/C32H42N5O7P/c1-6-7-8-27-36-28-29(37(27)19-21-17-23(39)10-12-26(21)44-45(40,41)42)24-11-9-22(18-25(24)35-30(28)33)31(2,3)13-15-43-16-14-32(4,5)34-20-38/h9-12,17-18,39H,6-8,13-16,19H2,1-5H3,(H2,33,35)(H2,40,41,42). The molecule has 45 heavy (non-hydrogen) atoms. The lowest BCUT2D eigenvalue weighted by Gasteiger charge is -2.26. The number of nitrogens with two attached hydrogens (primary N) is 1. The lowest BCUT2D eigenvalue weighted by Crippen LogP contribution is -2.22. The zero-order valence-corrected chi connectivity index (χ0v) is 27.3. The van der Waals surface area contributed by atoms with Crippen LogP contribution in [-0.2, 0) is 32.5 Å². The Bertz CT molecular complexity index is 1770. The van der Waals surface area contributed by atoms with Crippen LogP contribution in [0.25, 0.3) is 21.9 Å². The molecule has 4 aromatic rings. The molecule has 0 aliphatic rings. The number of fused-ring (bicyclic) bond motifs is 3. The molecule has 0 amide bonds. The van der Waals surface area contributed by atoms with E-state index in [0.29, 0.717) is 42.7 Å². The summed E-state index contributed by atoms with van der Waals surface area (Å²) in [6.45, 7) is 11.2. The number of phosphoric ester groups is 1. The minimum Gasteiger partial charge on any atom is -0.508 e. The van der Waals surface area contributed by atoms with Gasteiger partial charge in [0.1, 0.15) is 22.8 Å². The van der Waals surface area contributed by atoms with Crippen LogP contribution in [0.4, 0.5) is 5.82 Å². The SMILES string of the molecule is CCCCc1nc2c(N)nc3cc(C(C)(C)CCOCCC(C)(C)N=C=O)ccc3c2n1Cc1cc(O)ccc1OP(=O)(O)O. The largest absolute Gasteiger partial charge is 0.524 e. The Labute approximate surface area is 262 Å². The Morgan fingerprint density at radius 2 is 1.80 bits per heavy atom. The van der Waals surface area contributed by atoms with Crippen molar-refractivity contribution in [3.63, 3.8) is 0 Å². The third-order valence-corrected chi connectivity index (χ3v) is 8.42. The molecule has 2 aromatic heterocycles. The van der Waals surface area contributed by atoms with E-state index < -0.39 is 13.4 Å². The second kappa shape index (κ2) is 13.7. The quantitative estimate of drug-likeness (QED) is 0.0527.